The molecule has 0 bridgehead atoms. The van der Waals surface area contributed by atoms with Crippen molar-refractivity contribution in [3.05, 3.63) is 12.2 Å². The number of rotatable bonds is 9. The number of unbranched alkanes of at least 4 members (excludes halogenated alkanes) is 1. The lowest BCUT2D eigenvalue weighted by Crippen LogP contribution is -2.60. The Hall–Kier alpha value is -0.0831. The summed E-state index contributed by atoms with van der Waals surface area (Å²) in [6.07, 6.45) is 2.60. The normalized spacial score (nSPS) is 13.1. The smallest absolute Gasteiger partial charge is 0.136 e. The van der Waals surface area contributed by atoms with E-state index in [-0.39, 0.29) is 0 Å². The van der Waals surface area contributed by atoms with Crippen LogP contribution in [0.4, 0.5) is 0 Å². The van der Waals surface area contributed by atoms with E-state index in [4.69, 9.17) is 0 Å². The van der Waals surface area contributed by atoms with E-state index in [9.17, 15) is 0 Å². The van der Waals surface area contributed by atoms with Crippen molar-refractivity contribution in [1.82, 2.24) is 4.57 Å². The summed E-state index contributed by atoms with van der Waals surface area (Å²) in [5, 5.41) is 0. The first-order valence-corrected chi connectivity index (χ1v) is 10.3. The zero-order chi connectivity index (χ0) is 15.2. The quantitative estimate of drug-likeness (QED) is 0.379. The van der Waals surface area contributed by atoms with E-state index >= 15 is 0 Å². The first-order valence-electron chi connectivity index (χ1n) is 8.10. The van der Waals surface area contributed by atoms with Gasteiger partial charge in [-0.15, -0.1) is 0 Å². The monoisotopic (exact) mass is 283 g/mol. The SMILES string of the molecule is C=C(C)CN(CCCC)[Si](C(C)C)(C(C)C)C(C)C. The van der Waals surface area contributed by atoms with Gasteiger partial charge < -0.3 is 4.57 Å². The molecular formula is C17H37NSi. The molecule has 0 rings (SSSR count). The summed E-state index contributed by atoms with van der Waals surface area (Å²) in [5.41, 5.74) is 3.70. The Morgan fingerprint density at radius 3 is 1.68 bits per heavy atom. The summed E-state index contributed by atoms with van der Waals surface area (Å²) in [4.78, 5) is 0. The molecule has 0 N–H and O–H groups in total. The second-order valence-electron chi connectivity index (χ2n) is 7.08. The first-order chi connectivity index (χ1) is 8.71. The van der Waals surface area contributed by atoms with Gasteiger partial charge >= 0.3 is 0 Å². The molecular weight excluding hydrogens is 246 g/mol. The molecule has 19 heavy (non-hydrogen) atoms. The summed E-state index contributed by atoms with van der Waals surface area (Å²) in [5.74, 6) is 0. The van der Waals surface area contributed by atoms with Crippen LogP contribution in [0.5, 0.6) is 0 Å². The number of nitrogens with zero attached hydrogens (tertiary/aromatic N) is 1. The molecule has 0 aromatic carbocycles. The van der Waals surface area contributed by atoms with E-state index in [1.54, 1.807) is 0 Å². The fourth-order valence-electron chi connectivity index (χ4n) is 4.18. The molecule has 0 saturated heterocycles. The third-order valence-corrected chi connectivity index (χ3v) is 11.6. The minimum absolute atomic E-state index is 0.795. The van der Waals surface area contributed by atoms with Gasteiger partial charge in [-0.1, -0.05) is 67.0 Å². The maximum absolute atomic E-state index is 4.18. The van der Waals surface area contributed by atoms with Crippen LogP contribution < -0.4 is 0 Å². The van der Waals surface area contributed by atoms with E-state index in [0.717, 1.165) is 23.2 Å². The van der Waals surface area contributed by atoms with Gasteiger partial charge in [-0.05, 0) is 36.5 Å². The highest BCUT2D eigenvalue weighted by Crippen LogP contribution is 2.44. The standard InChI is InChI=1S/C17H37NSi/c1-10-11-12-18(13-14(2)3)19(15(4)5,16(6)7)17(8)9/h15-17H,2,10-13H2,1,3-9H3. The molecule has 0 saturated carbocycles. The average Bonchev–Trinajstić information content (AvgIpc) is 2.23. The highest BCUT2D eigenvalue weighted by atomic mass is 28.3. The Balaban J connectivity index is 5.50. The van der Waals surface area contributed by atoms with E-state index in [2.05, 4.69) is 66.5 Å². The van der Waals surface area contributed by atoms with Crippen molar-refractivity contribution in [1.29, 1.82) is 0 Å². The zero-order valence-corrected chi connectivity index (χ0v) is 15.7. The lowest BCUT2D eigenvalue weighted by molar-refractivity contribution is 0.406. The molecule has 2 heteroatoms. The fraction of sp³-hybridized carbons (Fsp3) is 0.882. The summed E-state index contributed by atoms with van der Waals surface area (Å²) in [7, 11) is -1.48. The molecule has 114 valence electrons. The molecule has 0 atom stereocenters. The van der Waals surface area contributed by atoms with E-state index < -0.39 is 8.24 Å². The third-order valence-electron chi connectivity index (χ3n) is 4.56. The lowest BCUT2D eigenvalue weighted by atomic mass is 10.3. The third kappa shape index (κ3) is 4.46. The van der Waals surface area contributed by atoms with Crippen LogP contribution in [0.15, 0.2) is 12.2 Å². The van der Waals surface area contributed by atoms with Crippen molar-refractivity contribution >= 4 is 8.24 Å². The van der Waals surface area contributed by atoms with E-state index in [0.29, 0.717) is 0 Å². The highest BCUT2D eigenvalue weighted by molar-refractivity contribution is 6.81. The van der Waals surface area contributed by atoms with Gasteiger partial charge in [-0.2, -0.15) is 0 Å². The molecule has 0 heterocycles. The van der Waals surface area contributed by atoms with E-state index in [1.165, 1.54) is 25.0 Å². The Morgan fingerprint density at radius 1 is 1.00 bits per heavy atom. The van der Waals surface area contributed by atoms with Crippen molar-refractivity contribution < 1.29 is 0 Å². The van der Waals surface area contributed by atoms with Gasteiger partial charge in [-0.25, -0.2) is 0 Å². The maximum Gasteiger partial charge on any atom is 0.136 e. The number of hydrogen-bond donors (Lipinski definition) is 0. The minimum atomic E-state index is -1.48. The molecule has 0 radical (unpaired) electrons. The maximum atomic E-state index is 4.18. The van der Waals surface area contributed by atoms with Crippen LogP contribution in [0.25, 0.3) is 0 Å². The minimum Gasteiger partial charge on any atom is -0.319 e. The molecule has 0 aromatic heterocycles. The lowest BCUT2D eigenvalue weighted by Gasteiger charge is -2.51. The van der Waals surface area contributed by atoms with Crippen LogP contribution in [0.2, 0.25) is 16.6 Å². The Bertz CT molecular complexity index is 247. The topological polar surface area (TPSA) is 3.24 Å². The van der Waals surface area contributed by atoms with Crippen LogP contribution in [0.3, 0.4) is 0 Å². The molecule has 0 spiro atoms. The van der Waals surface area contributed by atoms with Crippen molar-refractivity contribution in [2.75, 3.05) is 13.1 Å². The molecule has 0 fully saturated rings. The van der Waals surface area contributed by atoms with Crippen LogP contribution in [-0.2, 0) is 0 Å². The molecule has 0 aliphatic carbocycles. The van der Waals surface area contributed by atoms with E-state index in [1.807, 2.05) is 0 Å². The van der Waals surface area contributed by atoms with Gasteiger partial charge in [0.1, 0.15) is 8.24 Å². The summed E-state index contributed by atoms with van der Waals surface area (Å²) < 4.78 is 2.86. The second kappa shape index (κ2) is 8.26. The van der Waals surface area contributed by atoms with Crippen molar-refractivity contribution in [2.24, 2.45) is 0 Å². The Kier molecular flexibility index (Phi) is 8.22. The zero-order valence-electron chi connectivity index (χ0n) is 14.7. The van der Waals surface area contributed by atoms with Crippen LogP contribution in [0.1, 0.15) is 68.2 Å². The highest BCUT2D eigenvalue weighted by Gasteiger charge is 2.47. The first kappa shape index (κ1) is 18.9. The van der Waals surface area contributed by atoms with Crippen LogP contribution in [0, 0.1) is 0 Å². The Morgan fingerprint density at radius 2 is 1.42 bits per heavy atom. The van der Waals surface area contributed by atoms with Gasteiger partial charge in [0.2, 0.25) is 0 Å². The van der Waals surface area contributed by atoms with Gasteiger partial charge in [-0.3, -0.25) is 0 Å². The predicted octanol–water partition coefficient (Wildman–Crippen LogP) is 5.84. The summed E-state index contributed by atoms with van der Waals surface area (Å²) in [6.45, 7) is 25.7. The van der Waals surface area contributed by atoms with Crippen LogP contribution in [-0.4, -0.2) is 25.9 Å². The van der Waals surface area contributed by atoms with Gasteiger partial charge in [0.15, 0.2) is 0 Å². The van der Waals surface area contributed by atoms with Gasteiger partial charge in [0.25, 0.3) is 0 Å². The van der Waals surface area contributed by atoms with Gasteiger partial charge in [0, 0.05) is 6.54 Å². The molecule has 0 aromatic rings. The van der Waals surface area contributed by atoms with Crippen LogP contribution >= 0.6 is 0 Å². The second-order valence-corrected chi connectivity index (χ2v) is 13.0. The number of hydrogen-bond acceptors (Lipinski definition) is 1. The van der Waals surface area contributed by atoms with Crippen molar-refractivity contribution in [2.45, 2.75) is 84.9 Å². The molecule has 0 amide bonds. The predicted molar refractivity (Wildman–Crippen MR) is 92.3 cm³/mol. The summed E-state index contributed by atoms with van der Waals surface area (Å²) >= 11 is 0. The molecule has 0 aliphatic rings. The average molecular weight is 284 g/mol. The van der Waals surface area contributed by atoms with Gasteiger partial charge in [0.05, 0.1) is 0 Å². The summed E-state index contributed by atoms with van der Waals surface area (Å²) in [6, 6.07) is 0. The fourth-order valence-corrected chi connectivity index (χ4v) is 11.5. The largest absolute Gasteiger partial charge is 0.319 e. The molecule has 1 nitrogen and oxygen atoms in total. The van der Waals surface area contributed by atoms with Crippen molar-refractivity contribution in [3.8, 4) is 0 Å². The molecule has 0 aliphatic heterocycles. The Labute approximate surface area is 123 Å². The van der Waals surface area contributed by atoms with Crippen molar-refractivity contribution in [3.63, 3.8) is 0 Å². The molecule has 0 unspecified atom stereocenters.